The van der Waals surface area contributed by atoms with Gasteiger partial charge in [0, 0.05) is 0 Å². The molecule has 1 amide bonds. The molecule has 2 N–H and O–H groups in total. The number of nitrogens with two attached hydrogens (primary N) is 1. The van der Waals surface area contributed by atoms with E-state index in [0.29, 0.717) is 0 Å². The van der Waals surface area contributed by atoms with Crippen LogP contribution in [0.2, 0.25) is 0 Å². The molecule has 2 nitrogen and oxygen atoms in total. The zero-order chi connectivity index (χ0) is 11.8. The van der Waals surface area contributed by atoms with Crippen LogP contribution in [0, 0.1) is 5.92 Å². The summed E-state index contributed by atoms with van der Waals surface area (Å²) in [5, 5.41) is -0.464. The van der Waals surface area contributed by atoms with E-state index >= 15 is 0 Å². The van der Waals surface area contributed by atoms with Crippen molar-refractivity contribution in [2.45, 2.75) is 69.6 Å². The minimum absolute atomic E-state index is 0.376. The Hall–Kier alpha value is -0.240. The van der Waals surface area contributed by atoms with Crippen LogP contribution >= 0.6 is 11.6 Å². The monoisotopic (exact) mass is 245 g/mol. The number of hydrogen-bond acceptors (Lipinski definition) is 1. The van der Waals surface area contributed by atoms with E-state index in [1.807, 2.05) is 0 Å². The van der Waals surface area contributed by atoms with Gasteiger partial charge in [0.2, 0.25) is 5.91 Å². The fourth-order valence-electron chi connectivity index (χ4n) is 2.56. The third kappa shape index (κ3) is 5.74. The van der Waals surface area contributed by atoms with Crippen LogP contribution in [0.25, 0.3) is 0 Å². The fourth-order valence-corrected chi connectivity index (χ4v) is 2.71. The summed E-state index contributed by atoms with van der Waals surface area (Å²) in [4.78, 5) is 10.8. The Bertz CT molecular complexity index is 200. The van der Waals surface area contributed by atoms with Gasteiger partial charge in [0.15, 0.2) is 0 Å². The highest BCUT2D eigenvalue weighted by atomic mass is 35.5. The molecule has 16 heavy (non-hydrogen) atoms. The number of carbonyl (C=O) groups excluding carboxylic acids is 1. The Labute approximate surface area is 104 Å². The third-order valence-corrected chi connectivity index (χ3v) is 4.04. The van der Waals surface area contributed by atoms with E-state index in [-0.39, 0.29) is 5.91 Å². The topological polar surface area (TPSA) is 43.1 Å². The van der Waals surface area contributed by atoms with Gasteiger partial charge in [-0.25, -0.2) is 0 Å². The van der Waals surface area contributed by atoms with E-state index in [2.05, 4.69) is 0 Å². The minimum Gasteiger partial charge on any atom is -0.368 e. The van der Waals surface area contributed by atoms with Gasteiger partial charge in [0.25, 0.3) is 0 Å². The normalized spacial score (nSPS) is 21.1. The zero-order valence-corrected chi connectivity index (χ0v) is 10.8. The molecule has 1 atom stereocenters. The Morgan fingerprint density at radius 2 is 1.75 bits per heavy atom. The highest BCUT2D eigenvalue weighted by molar-refractivity contribution is 6.30. The lowest BCUT2D eigenvalue weighted by atomic mass is 9.87. The first-order valence-corrected chi connectivity index (χ1v) is 7.07. The Morgan fingerprint density at radius 3 is 2.31 bits per heavy atom. The van der Waals surface area contributed by atoms with Crippen molar-refractivity contribution in [3.05, 3.63) is 0 Å². The second-order valence-corrected chi connectivity index (χ2v) is 5.54. The molecule has 94 valence electrons. The van der Waals surface area contributed by atoms with Gasteiger partial charge in [0.1, 0.15) is 5.38 Å². The molecule has 1 unspecified atom stereocenters. The highest BCUT2D eigenvalue weighted by Gasteiger charge is 2.14. The van der Waals surface area contributed by atoms with Gasteiger partial charge >= 0.3 is 0 Å². The number of alkyl halides is 1. The summed E-state index contributed by atoms with van der Waals surface area (Å²) in [6.07, 6.45) is 12.7. The maximum absolute atomic E-state index is 10.8. The van der Waals surface area contributed by atoms with Crippen LogP contribution in [0.5, 0.6) is 0 Å². The van der Waals surface area contributed by atoms with E-state index < -0.39 is 5.38 Å². The van der Waals surface area contributed by atoms with Crippen molar-refractivity contribution in [1.29, 1.82) is 0 Å². The lowest BCUT2D eigenvalue weighted by Crippen LogP contribution is -2.23. The summed E-state index contributed by atoms with van der Waals surface area (Å²) in [6.45, 7) is 0. The van der Waals surface area contributed by atoms with Crippen LogP contribution in [0.4, 0.5) is 0 Å². The van der Waals surface area contributed by atoms with E-state index in [1.165, 1.54) is 51.4 Å². The van der Waals surface area contributed by atoms with Gasteiger partial charge < -0.3 is 5.73 Å². The van der Waals surface area contributed by atoms with Crippen LogP contribution in [0.3, 0.4) is 0 Å². The maximum Gasteiger partial charge on any atom is 0.235 e. The van der Waals surface area contributed by atoms with Gasteiger partial charge in [-0.15, -0.1) is 11.6 Å². The average molecular weight is 246 g/mol. The van der Waals surface area contributed by atoms with Gasteiger partial charge in [-0.1, -0.05) is 57.8 Å². The van der Waals surface area contributed by atoms with Crippen molar-refractivity contribution >= 4 is 17.5 Å². The number of rotatable bonds is 5. The van der Waals surface area contributed by atoms with Crippen LogP contribution in [-0.4, -0.2) is 11.3 Å². The lowest BCUT2D eigenvalue weighted by molar-refractivity contribution is -0.117. The predicted octanol–water partition coefficient (Wildman–Crippen LogP) is 3.61. The molecule has 3 heteroatoms. The first kappa shape index (κ1) is 13.8. The van der Waals surface area contributed by atoms with Crippen LogP contribution < -0.4 is 5.73 Å². The van der Waals surface area contributed by atoms with E-state index in [9.17, 15) is 4.79 Å². The van der Waals surface area contributed by atoms with Crippen molar-refractivity contribution in [3.63, 3.8) is 0 Å². The first-order valence-electron chi connectivity index (χ1n) is 6.63. The molecular weight excluding hydrogens is 222 g/mol. The number of halogens is 1. The summed E-state index contributed by atoms with van der Waals surface area (Å²) < 4.78 is 0. The van der Waals surface area contributed by atoms with Crippen molar-refractivity contribution in [3.8, 4) is 0 Å². The van der Waals surface area contributed by atoms with Crippen molar-refractivity contribution in [1.82, 2.24) is 0 Å². The maximum atomic E-state index is 10.8. The summed E-state index contributed by atoms with van der Waals surface area (Å²) in [7, 11) is 0. The minimum atomic E-state index is -0.464. The fraction of sp³-hybridized carbons (Fsp3) is 0.923. The third-order valence-electron chi connectivity index (χ3n) is 3.60. The summed E-state index contributed by atoms with van der Waals surface area (Å²) in [5.74, 6) is 0.483. The molecule has 1 aliphatic carbocycles. The van der Waals surface area contributed by atoms with Gasteiger partial charge in [-0.05, 0) is 12.3 Å². The van der Waals surface area contributed by atoms with Crippen molar-refractivity contribution in [2.75, 3.05) is 0 Å². The number of amides is 1. The van der Waals surface area contributed by atoms with Crippen molar-refractivity contribution in [2.24, 2.45) is 11.7 Å². The number of hydrogen-bond donors (Lipinski definition) is 1. The number of primary amides is 1. The molecule has 1 fully saturated rings. The predicted molar refractivity (Wildman–Crippen MR) is 68.5 cm³/mol. The van der Waals surface area contributed by atoms with E-state index in [0.717, 1.165) is 18.8 Å². The summed E-state index contributed by atoms with van der Waals surface area (Å²) >= 11 is 5.82. The zero-order valence-electron chi connectivity index (χ0n) is 10.1. The SMILES string of the molecule is NC(=O)C(Cl)CCCC1CCCCCCC1. The molecule has 0 aromatic carbocycles. The van der Waals surface area contributed by atoms with Crippen LogP contribution in [0.15, 0.2) is 0 Å². The second kappa shape index (κ2) is 7.94. The molecule has 0 bridgehead atoms. The first-order chi connectivity index (χ1) is 7.70. The lowest BCUT2D eigenvalue weighted by Gasteiger charge is -2.19. The Balaban J connectivity index is 2.12. The molecule has 0 aromatic heterocycles. The van der Waals surface area contributed by atoms with Crippen LogP contribution in [0.1, 0.15) is 64.2 Å². The van der Waals surface area contributed by atoms with Gasteiger partial charge in [-0.2, -0.15) is 0 Å². The summed E-state index contributed by atoms with van der Waals surface area (Å²) in [5.41, 5.74) is 5.13. The molecular formula is C13H24ClNO. The molecule has 1 saturated carbocycles. The Kier molecular flexibility index (Phi) is 6.86. The molecule has 0 aromatic rings. The van der Waals surface area contributed by atoms with E-state index in [1.54, 1.807) is 0 Å². The van der Waals surface area contributed by atoms with Gasteiger partial charge in [0.05, 0.1) is 0 Å². The molecule has 0 saturated heterocycles. The molecule has 1 aliphatic rings. The van der Waals surface area contributed by atoms with Gasteiger partial charge in [-0.3, -0.25) is 4.79 Å². The largest absolute Gasteiger partial charge is 0.368 e. The standard InChI is InChI=1S/C13H24ClNO/c14-12(13(15)16)10-6-9-11-7-4-2-1-3-5-8-11/h11-12H,1-10H2,(H2,15,16). The molecule has 0 heterocycles. The molecule has 0 aliphatic heterocycles. The van der Waals surface area contributed by atoms with Crippen molar-refractivity contribution < 1.29 is 4.79 Å². The molecule has 0 radical (unpaired) electrons. The number of carbonyl (C=O) groups is 1. The molecule has 1 rings (SSSR count). The quantitative estimate of drug-likeness (QED) is 0.739. The summed E-state index contributed by atoms with van der Waals surface area (Å²) in [6, 6.07) is 0. The average Bonchev–Trinajstić information content (AvgIpc) is 2.20. The highest BCUT2D eigenvalue weighted by Crippen LogP contribution is 2.26. The van der Waals surface area contributed by atoms with E-state index in [4.69, 9.17) is 17.3 Å². The van der Waals surface area contributed by atoms with Crippen LogP contribution in [-0.2, 0) is 4.79 Å². The second-order valence-electron chi connectivity index (χ2n) is 5.01. The smallest absolute Gasteiger partial charge is 0.235 e. The molecule has 0 spiro atoms. The Morgan fingerprint density at radius 1 is 1.19 bits per heavy atom.